The van der Waals surface area contributed by atoms with E-state index < -0.39 is 0 Å². The van der Waals surface area contributed by atoms with Gasteiger partial charge in [0.1, 0.15) is 0 Å². The van der Waals surface area contributed by atoms with Gasteiger partial charge < -0.3 is 5.11 Å². The predicted molar refractivity (Wildman–Crippen MR) is 64.4 cm³/mol. The molecule has 2 heterocycles. The second-order valence-electron chi connectivity index (χ2n) is 6.00. The van der Waals surface area contributed by atoms with Crippen molar-refractivity contribution in [2.24, 2.45) is 5.92 Å². The van der Waals surface area contributed by atoms with Crippen LogP contribution in [0.25, 0.3) is 0 Å². The van der Waals surface area contributed by atoms with E-state index in [0.717, 1.165) is 18.6 Å². The molecule has 0 aromatic heterocycles. The van der Waals surface area contributed by atoms with Crippen LogP contribution in [0.15, 0.2) is 0 Å². The van der Waals surface area contributed by atoms with Crippen LogP contribution in [0.3, 0.4) is 0 Å². The smallest absolute Gasteiger partial charge is 0.0695 e. The molecule has 3 aliphatic rings. The molecule has 3 heteroatoms. The molecule has 0 aromatic rings. The maximum Gasteiger partial charge on any atom is 0.0695 e. The lowest BCUT2D eigenvalue weighted by Crippen LogP contribution is -2.40. The molecule has 3 nitrogen and oxygen atoms in total. The quantitative estimate of drug-likeness (QED) is 0.772. The molecule has 2 bridgehead atoms. The van der Waals surface area contributed by atoms with Gasteiger partial charge in [-0.1, -0.05) is 0 Å². The number of fused-ring (bicyclic) bond motifs is 2. The van der Waals surface area contributed by atoms with Crippen molar-refractivity contribution in [3.8, 4) is 0 Å². The van der Waals surface area contributed by atoms with Crippen LogP contribution in [0.5, 0.6) is 0 Å². The fourth-order valence-corrected chi connectivity index (χ4v) is 3.44. The highest BCUT2D eigenvalue weighted by molar-refractivity contribution is 4.92. The van der Waals surface area contributed by atoms with Crippen molar-refractivity contribution in [1.29, 1.82) is 0 Å². The largest absolute Gasteiger partial charge is 0.392 e. The monoisotopic (exact) mass is 224 g/mol. The van der Waals surface area contributed by atoms with E-state index in [2.05, 4.69) is 16.8 Å². The molecule has 1 aliphatic carbocycles. The highest BCUT2D eigenvalue weighted by Gasteiger charge is 2.36. The molecule has 16 heavy (non-hydrogen) atoms. The van der Waals surface area contributed by atoms with E-state index in [1.54, 1.807) is 0 Å². The van der Waals surface area contributed by atoms with E-state index in [1.165, 1.54) is 45.2 Å². The van der Waals surface area contributed by atoms with E-state index in [-0.39, 0.29) is 6.10 Å². The van der Waals surface area contributed by atoms with Gasteiger partial charge in [0.15, 0.2) is 0 Å². The second-order valence-corrected chi connectivity index (χ2v) is 6.00. The topological polar surface area (TPSA) is 26.7 Å². The first-order valence-electron chi connectivity index (χ1n) is 6.86. The number of rotatable bonds is 3. The minimum Gasteiger partial charge on any atom is -0.392 e. The molecule has 3 atom stereocenters. The minimum atomic E-state index is -0.0538. The average Bonchev–Trinajstić information content (AvgIpc) is 3.01. The number of hydrogen-bond donors (Lipinski definition) is 1. The molecule has 3 rings (SSSR count). The summed E-state index contributed by atoms with van der Waals surface area (Å²) in [6.45, 7) is 3.29. The van der Waals surface area contributed by atoms with Gasteiger partial charge in [0.2, 0.25) is 0 Å². The van der Waals surface area contributed by atoms with Gasteiger partial charge in [0.25, 0.3) is 0 Å². The molecule has 3 fully saturated rings. The van der Waals surface area contributed by atoms with Crippen LogP contribution in [-0.2, 0) is 0 Å². The lowest BCUT2D eigenvalue weighted by Gasteiger charge is -2.27. The molecule has 2 aliphatic heterocycles. The van der Waals surface area contributed by atoms with Crippen molar-refractivity contribution in [3.05, 3.63) is 0 Å². The summed E-state index contributed by atoms with van der Waals surface area (Å²) in [5, 5.41) is 10.0. The van der Waals surface area contributed by atoms with Gasteiger partial charge >= 0.3 is 0 Å². The third-order valence-electron chi connectivity index (χ3n) is 4.84. The van der Waals surface area contributed by atoms with E-state index >= 15 is 0 Å². The SMILES string of the molecule is CN1C2CCC1CN(CC(O)C1CC1)CC2. The van der Waals surface area contributed by atoms with Gasteiger partial charge in [-0.15, -0.1) is 0 Å². The number of hydrogen-bond acceptors (Lipinski definition) is 3. The lowest BCUT2D eigenvalue weighted by molar-refractivity contribution is 0.0901. The fraction of sp³-hybridized carbons (Fsp3) is 1.00. The number of β-amino-alcohol motifs (C(OH)–C–C–N with tert-alkyl or cyclic N) is 1. The Labute approximate surface area is 98.4 Å². The van der Waals surface area contributed by atoms with Gasteiger partial charge in [-0.3, -0.25) is 9.80 Å². The van der Waals surface area contributed by atoms with Crippen molar-refractivity contribution in [1.82, 2.24) is 9.80 Å². The summed E-state index contributed by atoms with van der Waals surface area (Å²) in [4.78, 5) is 5.08. The van der Waals surface area contributed by atoms with Crippen LogP contribution in [-0.4, -0.2) is 59.8 Å². The fourth-order valence-electron chi connectivity index (χ4n) is 3.44. The van der Waals surface area contributed by atoms with Gasteiger partial charge in [-0.2, -0.15) is 0 Å². The van der Waals surface area contributed by atoms with Gasteiger partial charge in [0.05, 0.1) is 6.10 Å². The summed E-state index contributed by atoms with van der Waals surface area (Å²) < 4.78 is 0. The van der Waals surface area contributed by atoms with Crippen LogP contribution in [0.4, 0.5) is 0 Å². The number of likely N-dealkylation sites (N-methyl/N-ethyl adjacent to an activating group) is 1. The molecule has 3 unspecified atom stereocenters. The van der Waals surface area contributed by atoms with Crippen LogP contribution >= 0.6 is 0 Å². The van der Waals surface area contributed by atoms with Gasteiger partial charge in [-0.05, 0) is 51.6 Å². The first-order chi connectivity index (χ1) is 7.74. The van der Waals surface area contributed by atoms with E-state index in [1.807, 2.05) is 0 Å². The molecule has 1 saturated carbocycles. The Balaban J connectivity index is 1.56. The molecule has 92 valence electrons. The summed E-state index contributed by atoms with van der Waals surface area (Å²) in [7, 11) is 2.28. The summed E-state index contributed by atoms with van der Waals surface area (Å²) in [6, 6.07) is 1.56. The Hall–Kier alpha value is -0.120. The third kappa shape index (κ3) is 2.13. The number of nitrogens with zero attached hydrogens (tertiary/aromatic N) is 2. The first kappa shape index (κ1) is 11.0. The van der Waals surface area contributed by atoms with Crippen LogP contribution in [0.1, 0.15) is 32.1 Å². The maximum absolute atomic E-state index is 10.0. The highest BCUT2D eigenvalue weighted by atomic mass is 16.3. The van der Waals surface area contributed by atoms with Crippen molar-refractivity contribution in [2.75, 3.05) is 26.7 Å². The normalized spacial score (nSPS) is 38.6. The lowest BCUT2D eigenvalue weighted by atomic mass is 10.1. The zero-order valence-corrected chi connectivity index (χ0v) is 10.3. The van der Waals surface area contributed by atoms with E-state index in [4.69, 9.17) is 0 Å². The van der Waals surface area contributed by atoms with E-state index in [0.29, 0.717) is 5.92 Å². The molecule has 0 radical (unpaired) electrons. The summed E-state index contributed by atoms with van der Waals surface area (Å²) in [6.07, 6.45) is 6.49. The Bertz CT molecular complexity index is 254. The number of likely N-dealkylation sites (tertiary alicyclic amines) is 1. The molecule has 1 N–H and O–H groups in total. The predicted octanol–water partition coefficient (Wildman–Crippen LogP) is 0.926. The standard InChI is InChI=1S/C13H24N2O/c1-14-11-4-5-12(14)8-15(7-6-11)9-13(16)10-2-3-10/h10-13,16H,2-9H2,1H3. The van der Waals surface area contributed by atoms with E-state index in [9.17, 15) is 5.11 Å². The Kier molecular flexibility index (Phi) is 2.94. The number of aliphatic hydroxyl groups is 1. The van der Waals surface area contributed by atoms with Crippen molar-refractivity contribution >= 4 is 0 Å². The van der Waals surface area contributed by atoms with Gasteiger partial charge in [0, 0.05) is 25.2 Å². The molecule has 0 spiro atoms. The van der Waals surface area contributed by atoms with Crippen LogP contribution in [0.2, 0.25) is 0 Å². The Morgan fingerprint density at radius 2 is 1.88 bits per heavy atom. The zero-order chi connectivity index (χ0) is 11.1. The van der Waals surface area contributed by atoms with Gasteiger partial charge in [-0.25, -0.2) is 0 Å². The van der Waals surface area contributed by atoms with Crippen LogP contribution in [0, 0.1) is 5.92 Å². The Morgan fingerprint density at radius 3 is 2.62 bits per heavy atom. The molecule has 0 amide bonds. The third-order valence-corrected chi connectivity index (χ3v) is 4.84. The average molecular weight is 224 g/mol. The zero-order valence-electron chi connectivity index (χ0n) is 10.3. The molecule has 0 aromatic carbocycles. The minimum absolute atomic E-state index is 0.0538. The first-order valence-corrected chi connectivity index (χ1v) is 6.86. The molecular formula is C13H24N2O. The molecular weight excluding hydrogens is 200 g/mol. The van der Waals surface area contributed by atoms with Crippen molar-refractivity contribution in [3.63, 3.8) is 0 Å². The molecule has 2 saturated heterocycles. The highest BCUT2D eigenvalue weighted by Crippen LogP contribution is 2.34. The Morgan fingerprint density at radius 1 is 1.12 bits per heavy atom. The van der Waals surface area contributed by atoms with Crippen molar-refractivity contribution in [2.45, 2.75) is 50.3 Å². The van der Waals surface area contributed by atoms with Crippen LogP contribution < -0.4 is 0 Å². The summed E-state index contributed by atoms with van der Waals surface area (Å²) in [5.41, 5.74) is 0. The number of aliphatic hydroxyl groups excluding tert-OH is 1. The summed E-state index contributed by atoms with van der Waals surface area (Å²) >= 11 is 0. The second kappa shape index (κ2) is 4.28. The maximum atomic E-state index is 10.0. The summed E-state index contributed by atoms with van der Waals surface area (Å²) in [5.74, 6) is 0.623. The van der Waals surface area contributed by atoms with Crippen molar-refractivity contribution < 1.29 is 5.11 Å².